The topological polar surface area (TPSA) is 34.1 Å². The van der Waals surface area contributed by atoms with E-state index in [1.807, 2.05) is 6.07 Å². The van der Waals surface area contributed by atoms with E-state index < -0.39 is 0 Å². The highest BCUT2D eigenvalue weighted by Crippen LogP contribution is 2.22. The van der Waals surface area contributed by atoms with Crippen molar-refractivity contribution in [2.24, 2.45) is 0 Å². The number of benzene rings is 1. The Labute approximate surface area is 113 Å². The second-order valence-corrected chi connectivity index (χ2v) is 4.63. The van der Waals surface area contributed by atoms with Gasteiger partial charge in [-0.05, 0) is 39.7 Å². The standard InChI is InChI=1S/C13H12BrFN2O/c1-18-13-5-11(2-3-12(13)15)17-7-9-4-10(14)8-16-6-9/h2-6,8,17H,7H2,1H3. The van der Waals surface area contributed by atoms with Gasteiger partial charge >= 0.3 is 0 Å². The maximum Gasteiger partial charge on any atom is 0.165 e. The molecule has 0 aliphatic carbocycles. The van der Waals surface area contributed by atoms with E-state index in [2.05, 4.69) is 26.2 Å². The molecule has 0 spiro atoms. The van der Waals surface area contributed by atoms with E-state index in [9.17, 15) is 4.39 Å². The summed E-state index contributed by atoms with van der Waals surface area (Å²) in [6, 6.07) is 6.64. The van der Waals surface area contributed by atoms with E-state index in [1.165, 1.54) is 13.2 Å². The Morgan fingerprint density at radius 3 is 2.89 bits per heavy atom. The molecule has 0 fully saturated rings. The smallest absolute Gasteiger partial charge is 0.165 e. The van der Waals surface area contributed by atoms with Crippen LogP contribution in [0.25, 0.3) is 0 Å². The Bertz CT molecular complexity index is 548. The Balaban J connectivity index is 2.06. The third-order valence-corrected chi connectivity index (χ3v) is 2.84. The molecule has 1 aromatic heterocycles. The fraction of sp³-hybridized carbons (Fsp3) is 0.154. The number of nitrogens with zero attached hydrogens (tertiary/aromatic N) is 1. The Kier molecular flexibility index (Phi) is 4.15. The van der Waals surface area contributed by atoms with Crippen LogP contribution in [0.4, 0.5) is 10.1 Å². The average Bonchev–Trinajstić information content (AvgIpc) is 2.38. The molecule has 0 unspecified atom stereocenters. The van der Waals surface area contributed by atoms with Crippen molar-refractivity contribution in [2.45, 2.75) is 6.54 Å². The molecule has 2 aromatic rings. The number of halogens is 2. The summed E-state index contributed by atoms with van der Waals surface area (Å²) in [5.41, 5.74) is 1.83. The van der Waals surface area contributed by atoms with Crippen LogP contribution in [-0.2, 0) is 6.54 Å². The summed E-state index contributed by atoms with van der Waals surface area (Å²) in [6.45, 7) is 0.612. The summed E-state index contributed by atoms with van der Waals surface area (Å²) in [7, 11) is 1.44. The third-order valence-electron chi connectivity index (χ3n) is 2.41. The lowest BCUT2D eigenvalue weighted by molar-refractivity contribution is 0.387. The largest absolute Gasteiger partial charge is 0.494 e. The zero-order chi connectivity index (χ0) is 13.0. The fourth-order valence-corrected chi connectivity index (χ4v) is 1.94. The zero-order valence-corrected chi connectivity index (χ0v) is 11.4. The first-order valence-electron chi connectivity index (χ1n) is 5.36. The van der Waals surface area contributed by atoms with Gasteiger partial charge in [0.2, 0.25) is 0 Å². The van der Waals surface area contributed by atoms with Crippen molar-refractivity contribution in [3.63, 3.8) is 0 Å². The summed E-state index contributed by atoms with van der Waals surface area (Å²) in [6.07, 6.45) is 3.50. The van der Waals surface area contributed by atoms with Crippen LogP contribution in [-0.4, -0.2) is 12.1 Å². The lowest BCUT2D eigenvalue weighted by atomic mass is 10.2. The highest BCUT2D eigenvalue weighted by Gasteiger charge is 2.03. The molecule has 18 heavy (non-hydrogen) atoms. The van der Waals surface area contributed by atoms with Gasteiger partial charge in [-0.15, -0.1) is 0 Å². The Morgan fingerprint density at radius 2 is 2.17 bits per heavy atom. The van der Waals surface area contributed by atoms with Crippen molar-refractivity contribution in [1.29, 1.82) is 0 Å². The zero-order valence-electron chi connectivity index (χ0n) is 9.78. The molecule has 0 aliphatic heterocycles. The van der Waals surface area contributed by atoms with Gasteiger partial charge in [-0.25, -0.2) is 4.39 Å². The molecular weight excluding hydrogens is 299 g/mol. The van der Waals surface area contributed by atoms with Crippen LogP contribution in [0.2, 0.25) is 0 Å². The van der Waals surface area contributed by atoms with Gasteiger partial charge in [-0.2, -0.15) is 0 Å². The molecule has 0 bridgehead atoms. The van der Waals surface area contributed by atoms with E-state index in [0.29, 0.717) is 6.54 Å². The second kappa shape index (κ2) is 5.82. The van der Waals surface area contributed by atoms with Crippen molar-refractivity contribution in [2.75, 3.05) is 12.4 Å². The number of hydrogen-bond donors (Lipinski definition) is 1. The van der Waals surface area contributed by atoms with E-state index in [1.54, 1.807) is 24.5 Å². The fourth-order valence-electron chi connectivity index (χ4n) is 1.53. The molecule has 94 valence electrons. The lowest BCUT2D eigenvalue weighted by Crippen LogP contribution is -2.00. The van der Waals surface area contributed by atoms with Crippen LogP contribution in [0.3, 0.4) is 0 Å². The number of nitrogens with one attached hydrogen (secondary N) is 1. The highest BCUT2D eigenvalue weighted by molar-refractivity contribution is 9.10. The maximum atomic E-state index is 13.2. The molecule has 3 nitrogen and oxygen atoms in total. The molecule has 0 atom stereocenters. The van der Waals surface area contributed by atoms with Gasteiger partial charge in [0.1, 0.15) is 0 Å². The molecule has 0 saturated heterocycles. The van der Waals surface area contributed by atoms with Crippen molar-refractivity contribution in [1.82, 2.24) is 4.98 Å². The van der Waals surface area contributed by atoms with Gasteiger partial charge in [0.15, 0.2) is 11.6 Å². The number of methoxy groups -OCH3 is 1. The van der Waals surface area contributed by atoms with Crippen molar-refractivity contribution >= 4 is 21.6 Å². The summed E-state index contributed by atoms with van der Waals surface area (Å²) in [4.78, 5) is 4.07. The molecule has 1 N–H and O–H groups in total. The molecule has 5 heteroatoms. The van der Waals surface area contributed by atoms with Gasteiger partial charge in [0, 0.05) is 35.2 Å². The predicted octanol–water partition coefficient (Wildman–Crippen LogP) is 3.60. The third kappa shape index (κ3) is 3.20. The van der Waals surface area contributed by atoms with E-state index >= 15 is 0 Å². The first-order chi connectivity index (χ1) is 8.69. The van der Waals surface area contributed by atoms with Gasteiger partial charge in [-0.3, -0.25) is 4.98 Å². The highest BCUT2D eigenvalue weighted by atomic mass is 79.9. The van der Waals surface area contributed by atoms with Crippen LogP contribution < -0.4 is 10.1 Å². The van der Waals surface area contributed by atoms with Gasteiger partial charge in [-0.1, -0.05) is 0 Å². The van der Waals surface area contributed by atoms with E-state index in [-0.39, 0.29) is 11.6 Å². The number of aromatic nitrogens is 1. The predicted molar refractivity (Wildman–Crippen MR) is 72.2 cm³/mol. The maximum absolute atomic E-state index is 13.2. The number of ether oxygens (including phenoxy) is 1. The SMILES string of the molecule is COc1cc(NCc2cncc(Br)c2)ccc1F. The van der Waals surface area contributed by atoms with Crippen LogP contribution >= 0.6 is 15.9 Å². The molecule has 0 radical (unpaired) electrons. The summed E-state index contributed by atoms with van der Waals surface area (Å²) >= 11 is 3.36. The van der Waals surface area contributed by atoms with Crippen molar-refractivity contribution < 1.29 is 9.13 Å². The molecule has 0 amide bonds. The molecule has 0 aliphatic rings. The monoisotopic (exact) mass is 310 g/mol. The number of anilines is 1. The Hall–Kier alpha value is -1.62. The summed E-state index contributed by atoms with van der Waals surface area (Å²) < 4.78 is 19.1. The van der Waals surface area contributed by atoms with Crippen LogP contribution in [0.1, 0.15) is 5.56 Å². The van der Waals surface area contributed by atoms with Crippen molar-refractivity contribution in [3.05, 3.63) is 52.5 Å². The lowest BCUT2D eigenvalue weighted by Gasteiger charge is -2.08. The van der Waals surface area contributed by atoms with Gasteiger partial charge < -0.3 is 10.1 Å². The first-order valence-corrected chi connectivity index (χ1v) is 6.15. The van der Waals surface area contributed by atoms with Crippen molar-refractivity contribution in [3.8, 4) is 5.75 Å². The minimum absolute atomic E-state index is 0.229. The van der Waals surface area contributed by atoms with Gasteiger partial charge in [0.05, 0.1) is 7.11 Å². The molecule has 0 saturated carbocycles. The van der Waals surface area contributed by atoms with Crippen LogP contribution in [0.15, 0.2) is 41.1 Å². The minimum Gasteiger partial charge on any atom is -0.494 e. The molecule has 2 rings (SSSR count). The van der Waals surface area contributed by atoms with Gasteiger partial charge in [0.25, 0.3) is 0 Å². The minimum atomic E-state index is -0.368. The first kappa shape index (κ1) is 12.8. The van der Waals surface area contributed by atoms with E-state index in [4.69, 9.17) is 4.74 Å². The molecule has 1 heterocycles. The van der Waals surface area contributed by atoms with Crippen LogP contribution in [0.5, 0.6) is 5.75 Å². The number of rotatable bonds is 4. The van der Waals surface area contributed by atoms with E-state index in [0.717, 1.165) is 15.7 Å². The number of pyridine rings is 1. The second-order valence-electron chi connectivity index (χ2n) is 3.71. The quantitative estimate of drug-likeness (QED) is 0.937. The summed E-state index contributed by atoms with van der Waals surface area (Å²) in [5, 5.41) is 3.18. The Morgan fingerprint density at radius 1 is 1.33 bits per heavy atom. The summed E-state index contributed by atoms with van der Waals surface area (Å²) in [5.74, 6) is -0.139. The average molecular weight is 311 g/mol. The normalized spacial score (nSPS) is 10.2. The van der Waals surface area contributed by atoms with Crippen LogP contribution in [0, 0.1) is 5.82 Å². The molecule has 1 aromatic carbocycles. The molecular formula is C13H12BrFN2O. The number of hydrogen-bond acceptors (Lipinski definition) is 3.